The molecule has 1 aliphatic heterocycles. The Balaban J connectivity index is 0.00000363. The Morgan fingerprint density at radius 2 is 1.75 bits per heavy atom. The molecule has 2 N–H and O–H groups in total. The maximum atomic E-state index is 12.4. The van der Waals surface area contributed by atoms with Crippen LogP contribution in [-0.4, -0.2) is 41.7 Å². The smallest absolute Gasteiger partial charge is 0.550 e. The van der Waals surface area contributed by atoms with Gasteiger partial charge in [-0.3, -0.25) is 9.59 Å². The normalized spacial score (nSPS) is 16.2. The minimum atomic E-state index is -1.36. The molecule has 9 heteroatoms. The number of nitrogens with one attached hydrogen (secondary N) is 2. The first kappa shape index (κ1) is 25.3. The maximum Gasteiger partial charge on any atom is 1.00 e. The number of hydrogen-bond acceptors (Lipinski definition) is 5. The van der Waals surface area contributed by atoms with Gasteiger partial charge in [-0.1, -0.05) is 48.5 Å². The van der Waals surface area contributed by atoms with Gasteiger partial charge in [-0.15, -0.1) is 0 Å². The van der Waals surface area contributed by atoms with E-state index in [2.05, 4.69) is 10.6 Å². The molecule has 1 aliphatic rings. The van der Waals surface area contributed by atoms with Gasteiger partial charge in [-0.25, -0.2) is 4.79 Å². The summed E-state index contributed by atoms with van der Waals surface area (Å²) in [6, 6.07) is 11.9. The van der Waals surface area contributed by atoms with Gasteiger partial charge in [0, 0.05) is 31.7 Å². The predicted molar refractivity (Wildman–Crippen MR) is 111 cm³/mol. The summed E-state index contributed by atoms with van der Waals surface area (Å²) < 4.78 is 0. The van der Waals surface area contributed by atoms with E-state index in [1.54, 1.807) is 12.1 Å². The molecular weight excluding hydrogens is 421 g/mol. The topological polar surface area (TPSA) is 119 Å². The number of ketones is 1. The predicted octanol–water partition coefficient (Wildman–Crippen LogP) is -1.93. The summed E-state index contributed by atoms with van der Waals surface area (Å²) in [5.74, 6) is -2.49. The van der Waals surface area contributed by atoms with Crippen LogP contribution in [0.15, 0.2) is 60.8 Å². The summed E-state index contributed by atoms with van der Waals surface area (Å²) in [5, 5.41) is 16.1. The third kappa shape index (κ3) is 6.06. The average Bonchev–Trinajstić information content (AvgIpc) is 2.74. The molecule has 1 unspecified atom stereocenters. The van der Waals surface area contributed by atoms with Gasteiger partial charge in [0.25, 0.3) is 5.91 Å². The first-order valence-electron chi connectivity index (χ1n) is 9.68. The summed E-state index contributed by atoms with van der Waals surface area (Å²) in [5.41, 5.74) is 3.64. The molecular formula is C23H22N3NaO5. The van der Waals surface area contributed by atoms with E-state index >= 15 is 0 Å². The number of carboxylic acids is 1. The van der Waals surface area contributed by atoms with E-state index < -0.39 is 42.2 Å². The summed E-state index contributed by atoms with van der Waals surface area (Å²) in [7, 11) is 1.47. The number of aliphatic carboxylic acids is 1. The number of nitrogens with zero attached hydrogens (tertiary/aromatic N) is 1. The van der Waals surface area contributed by atoms with Gasteiger partial charge < -0.3 is 25.4 Å². The Bertz CT molecular complexity index is 1050. The van der Waals surface area contributed by atoms with Crippen molar-refractivity contribution in [2.45, 2.75) is 25.4 Å². The molecule has 1 heterocycles. The number of rotatable bonds is 6. The molecule has 8 nitrogen and oxygen atoms in total. The first-order valence-corrected chi connectivity index (χ1v) is 9.68. The molecule has 2 atom stereocenters. The summed E-state index contributed by atoms with van der Waals surface area (Å²) in [6.07, 6.45) is 2.04. The van der Waals surface area contributed by atoms with Crippen LogP contribution < -0.4 is 45.3 Å². The quantitative estimate of drug-likeness (QED) is 0.398. The summed E-state index contributed by atoms with van der Waals surface area (Å²) >= 11 is 0. The van der Waals surface area contributed by atoms with Gasteiger partial charge in [0.2, 0.25) is 0 Å². The molecule has 0 fully saturated rings. The first-order chi connectivity index (χ1) is 14.8. The van der Waals surface area contributed by atoms with Gasteiger partial charge in [-0.05, 0) is 29.2 Å². The molecule has 0 aromatic heterocycles. The molecule has 0 radical (unpaired) electrons. The number of hydrogen-bond donors (Lipinski definition) is 2. The van der Waals surface area contributed by atoms with Crippen LogP contribution in [-0.2, 0) is 14.4 Å². The molecule has 160 valence electrons. The Kier molecular flexibility index (Phi) is 8.77. The van der Waals surface area contributed by atoms with Crippen molar-refractivity contribution in [2.75, 3.05) is 7.05 Å². The second kappa shape index (κ2) is 11.1. The van der Waals surface area contributed by atoms with Crippen molar-refractivity contribution in [2.24, 2.45) is 0 Å². The molecule has 2 aromatic rings. The molecule has 0 saturated carbocycles. The number of aryl methyl sites for hydroxylation is 1. The van der Waals surface area contributed by atoms with Crippen molar-refractivity contribution >= 4 is 23.7 Å². The number of carbonyl (C=O) groups is 4. The van der Waals surface area contributed by atoms with Crippen molar-refractivity contribution in [3.05, 3.63) is 71.9 Å². The largest absolute Gasteiger partial charge is 1.00 e. The molecule has 2 aromatic carbocycles. The SMILES string of the molecule is Cc1ccccc1-c1ccc([C@H](CC(=O)[O-])NC(=O)NC2C(=O)C=CN(C)C2=O)cc1.[Na+]. The Hall–Kier alpha value is -2.94. The molecule has 32 heavy (non-hydrogen) atoms. The second-order valence-electron chi connectivity index (χ2n) is 7.28. The number of carboxylic acid groups (broad SMARTS) is 1. The number of carbonyl (C=O) groups excluding carboxylic acids is 4. The molecule has 3 rings (SSSR count). The molecule has 3 amide bonds. The third-order valence-corrected chi connectivity index (χ3v) is 5.06. The van der Waals surface area contributed by atoms with E-state index in [9.17, 15) is 24.3 Å². The number of urea groups is 1. The van der Waals surface area contributed by atoms with Gasteiger partial charge in [-0.2, -0.15) is 0 Å². The van der Waals surface area contributed by atoms with E-state index in [-0.39, 0.29) is 29.6 Å². The van der Waals surface area contributed by atoms with E-state index in [1.807, 2.05) is 43.3 Å². The minimum absolute atomic E-state index is 0. The van der Waals surface area contributed by atoms with Crippen molar-refractivity contribution in [1.29, 1.82) is 0 Å². The molecule has 0 aliphatic carbocycles. The maximum absolute atomic E-state index is 12.4. The second-order valence-corrected chi connectivity index (χ2v) is 7.28. The van der Waals surface area contributed by atoms with Crippen LogP contribution in [0.3, 0.4) is 0 Å². The zero-order chi connectivity index (χ0) is 22.5. The fraction of sp³-hybridized carbons (Fsp3) is 0.217. The van der Waals surface area contributed by atoms with Crippen LogP contribution in [0.5, 0.6) is 0 Å². The van der Waals surface area contributed by atoms with Gasteiger partial charge >= 0.3 is 35.6 Å². The number of likely N-dealkylation sites (N-methyl/N-ethyl adjacent to an activating group) is 1. The summed E-state index contributed by atoms with van der Waals surface area (Å²) in [6.45, 7) is 1.99. The van der Waals surface area contributed by atoms with Crippen LogP contribution in [0.1, 0.15) is 23.6 Å². The van der Waals surface area contributed by atoms with Crippen LogP contribution in [0, 0.1) is 6.92 Å². The van der Waals surface area contributed by atoms with Gasteiger partial charge in [0.05, 0.1) is 6.04 Å². The van der Waals surface area contributed by atoms with Crippen LogP contribution in [0.2, 0.25) is 0 Å². The molecule has 0 saturated heterocycles. The van der Waals surface area contributed by atoms with Crippen molar-refractivity contribution in [3.63, 3.8) is 0 Å². The molecule has 0 bridgehead atoms. The van der Waals surface area contributed by atoms with E-state index in [0.717, 1.165) is 16.7 Å². The molecule has 0 spiro atoms. The van der Waals surface area contributed by atoms with E-state index in [4.69, 9.17) is 0 Å². The number of benzene rings is 2. The van der Waals surface area contributed by atoms with Gasteiger partial charge in [0.15, 0.2) is 11.8 Å². The van der Waals surface area contributed by atoms with E-state index in [1.165, 1.54) is 24.2 Å². The average molecular weight is 443 g/mol. The Labute approximate surface area is 208 Å². The fourth-order valence-electron chi connectivity index (χ4n) is 3.35. The van der Waals surface area contributed by atoms with Crippen molar-refractivity contribution in [1.82, 2.24) is 15.5 Å². The van der Waals surface area contributed by atoms with E-state index in [0.29, 0.717) is 5.56 Å². The Morgan fingerprint density at radius 1 is 1.09 bits per heavy atom. The Morgan fingerprint density at radius 3 is 2.38 bits per heavy atom. The van der Waals surface area contributed by atoms with Crippen molar-refractivity contribution < 1.29 is 53.8 Å². The standard InChI is InChI=1S/C23H23N3O5.Na/c1-14-5-3-4-6-17(14)15-7-9-16(10-8-15)18(13-20(28)29)24-23(31)25-21-19(27)11-12-26(2)22(21)30;/h3-12,18,21H,13H2,1-2H3,(H,28,29)(H2,24,25,31);/q;+1/p-1/t18-,21?;/m0./s1. The monoisotopic (exact) mass is 443 g/mol. The van der Waals surface area contributed by atoms with Crippen LogP contribution in [0.25, 0.3) is 11.1 Å². The minimum Gasteiger partial charge on any atom is -0.550 e. The summed E-state index contributed by atoms with van der Waals surface area (Å²) in [4.78, 5) is 48.9. The van der Waals surface area contributed by atoms with Crippen LogP contribution >= 0.6 is 0 Å². The number of amides is 3. The third-order valence-electron chi connectivity index (χ3n) is 5.06. The van der Waals surface area contributed by atoms with Crippen molar-refractivity contribution in [3.8, 4) is 11.1 Å². The van der Waals surface area contributed by atoms with Crippen LogP contribution in [0.4, 0.5) is 4.79 Å². The van der Waals surface area contributed by atoms with Gasteiger partial charge in [0.1, 0.15) is 0 Å². The zero-order valence-electron chi connectivity index (χ0n) is 18.1. The fourth-order valence-corrected chi connectivity index (χ4v) is 3.35. The zero-order valence-corrected chi connectivity index (χ0v) is 20.1.